The Balaban J connectivity index is 1.55. The predicted molar refractivity (Wildman–Crippen MR) is 101 cm³/mol. The molecule has 0 bridgehead atoms. The van der Waals surface area contributed by atoms with Gasteiger partial charge in [0, 0.05) is 30.1 Å². The molecule has 0 spiro atoms. The van der Waals surface area contributed by atoms with E-state index in [2.05, 4.69) is 10.9 Å². The van der Waals surface area contributed by atoms with E-state index in [9.17, 15) is 9.90 Å². The summed E-state index contributed by atoms with van der Waals surface area (Å²) in [5.74, 6) is 0.240. The van der Waals surface area contributed by atoms with Crippen LogP contribution in [0.5, 0.6) is 5.75 Å². The van der Waals surface area contributed by atoms with Crippen molar-refractivity contribution >= 4 is 17.5 Å². The van der Waals surface area contributed by atoms with Crippen molar-refractivity contribution < 1.29 is 9.90 Å². The van der Waals surface area contributed by atoms with E-state index in [1.54, 1.807) is 19.1 Å². The molecule has 0 radical (unpaired) electrons. The number of amides is 1. The van der Waals surface area contributed by atoms with E-state index in [1.165, 1.54) is 0 Å². The average Bonchev–Trinajstić information content (AvgIpc) is 3.07. The van der Waals surface area contributed by atoms with E-state index in [4.69, 9.17) is 11.6 Å². The number of hydrazine groups is 1. The van der Waals surface area contributed by atoms with Crippen LogP contribution in [0.25, 0.3) is 0 Å². The minimum Gasteiger partial charge on any atom is -0.507 e. The summed E-state index contributed by atoms with van der Waals surface area (Å²) in [7, 11) is 0. The Morgan fingerprint density at radius 3 is 2.73 bits per heavy atom. The SMILES string of the molecule is Cc1cccc(C(=O)N2CCC3NNC(c4ccc(Cl)cc4)C3C2)c1O. The van der Waals surface area contributed by atoms with Gasteiger partial charge in [-0.05, 0) is 42.7 Å². The van der Waals surface area contributed by atoms with Crippen molar-refractivity contribution in [3.05, 3.63) is 64.2 Å². The summed E-state index contributed by atoms with van der Waals surface area (Å²) >= 11 is 6.00. The summed E-state index contributed by atoms with van der Waals surface area (Å²) in [6.45, 7) is 3.12. The summed E-state index contributed by atoms with van der Waals surface area (Å²) in [5.41, 5.74) is 9.00. The van der Waals surface area contributed by atoms with Gasteiger partial charge < -0.3 is 10.0 Å². The van der Waals surface area contributed by atoms with Crippen LogP contribution in [0.15, 0.2) is 42.5 Å². The Labute approximate surface area is 157 Å². The molecule has 2 aromatic rings. The van der Waals surface area contributed by atoms with Gasteiger partial charge >= 0.3 is 0 Å². The second kappa shape index (κ2) is 6.91. The lowest BCUT2D eigenvalue weighted by Crippen LogP contribution is -2.47. The highest BCUT2D eigenvalue weighted by molar-refractivity contribution is 6.30. The van der Waals surface area contributed by atoms with Gasteiger partial charge in [-0.2, -0.15) is 0 Å². The number of phenolic OH excluding ortho intramolecular Hbond substituents is 1. The monoisotopic (exact) mass is 371 g/mol. The molecule has 2 heterocycles. The number of halogens is 1. The minimum absolute atomic E-state index is 0.0801. The van der Waals surface area contributed by atoms with Crippen molar-refractivity contribution in [2.75, 3.05) is 13.1 Å². The largest absolute Gasteiger partial charge is 0.507 e. The third-order valence-corrected chi connectivity index (χ3v) is 5.75. The number of phenols is 1. The summed E-state index contributed by atoms with van der Waals surface area (Å²) in [6.07, 6.45) is 0.875. The highest BCUT2D eigenvalue weighted by Gasteiger charge is 2.41. The van der Waals surface area contributed by atoms with E-state index in [0.717, 1.165) is 12.0 Å². The van der Waals surface area contributed by atoms with E-state index in [0.29, 0.717) is 35.3 Å². The first-order valence-electron chi connectivity index (χ1n) is 8.89. The van der Waals surface area contributed by atoms with Gasteiger partial charge in [-0.15, -0.1) is 0 Å². The molecule has 26 heavy (non-hydrogen) atoms. The molecule has 2 fully saturated rings. The first-order chi connectivity index (χ1) is 12.5. The maximum absolute atomic E-state index is 13.0. The number of fused-ring (bicyclic) bond motifs is 1. The van der Waals surface area contributed by atoms with E-state index >= 15 is 0 Å². The lowest BCUT2D eigenvalue weighted by molar-refractivity contribution is 0.0649. The summed E-state index contributed by atoms with van der Waals surface area (Å²) in [6, 6.07) is 13.6. The zero-order chi connectivity index (χ0) is 18.3. The van der Waals surface area contributed by atoms with Gasteiger partial charge in [-0.25, -0.2) is 5.43 Å². The first-order valence-corrected chi connectivity index (χ1v) is 9.27. The van der Waals surface area contributed by atoms with Crippen LogP contribution in [-0.4, -0.2) is 35.0 Å². The standard InChI is InChI=1S/C20H22ClN3O2/c1-12-3-2-4-15(19(12)25)20(26)24-10-9-17-16(11-24)18(23-22-17)13-5-7-14(21)8-6-13/h2-8,16-18,22-23,25H,9-11H2,1H3. The smallest absolute Gasteiger partial charge is 0.257 e. The molecule has 2 saturated heterocycles. The Hall–Kier alpha value is -2.08. The van der Waals surface area contributed by atoms with E-state index in [1.807, 2.05) is 35.2 Å². The molecule has 2 aromatic carbocycles. The third-order valence-electron chi connectivity index (χ3n) is 5.49. The van der Waals surface area contributed by atoms with Crippen LogP contribution in [0, 0.1) is 12.8 Å². The van der Waals surface area contributed by atoms with Crippen molar-refractivity contribution in [1.29, 1.82) is 0 Å². The van der Waals surface area contributed by atoms with E-state index in [-0.39, 0.29) is 23.6 Å². The fourth-order valence-electron chi connectivity index (χ4n) is 3.99. The first kappa shape index (κ1) is 17.3. The lowest BCUT2D eigenvalue weighted by atomic mass is 9.85. The van der Waals surface area contributed by atoms with Crippen LogP contribution in [0.2, 0.25) is 5.02 Å². The van der Waals surface area contributed by atoms with Crippen molar-refractivity contribution in [3.8, 4) is 5.75 Å². The third kappa shape index (κ3) is 3.07. The Bertz CT molecular complexity index is 824. The molecule has 2 aliphatic rings. The fraction of sp³-hybridized carbons (Fsp3) is 0.350. The fourth-order valence-corrected chi connectivity index (χ4v) is 4.12. The quantitative estimate of drug-likeness (QED) is 0.759. The van der Waals surface area contributed by atoms with E-state index < -0.39 is 0 Å². The second-order valence-electron chi connectivity index (χ2n) is 7.10. The molecular formula is C20H22ClN3O2. The minimum atomic E-state index is -0.105. The molecule has 3 unspecified atom stereocenters. The van der Waals surface area contributed by atoms with Gasteiger partial charge in [0.2, 0.25) is 0 Å². The molecule has 0 aromatic heterocycles. The number of hydrogen-bond acceptors (Lipinski definition) is 4. The number of rotatable bonds is 2. The van der Waals surface area contributed by atoms with Gasteiger partial charge in [-0.1, -0.05) is 35.9 Å². The number of carbonyl (C=O) groups is 1. The molecule has 0 saturated carbocycles. The zero-order valence-electron chi connectivity index (χ0n) is 14.6. The molecule has 4 rings (SSSR count). The average molecular weight is 372 g/mol. The number of para-hydroxylation sites is 1. The molecule has 136 valence electrons. The molecule has 3 N–H and O–H groups in total. The number of nitrogens with one attached hydrogen (secondary N) is 2. The number of aromatic hydroxyl groups is 1. The number of aryl methyl sites for hydroxylation is 1. The maximum Gasteiger partial charge on any atom is 0.257 e. The second-order valence-corrected chi connectivity index (χ2v) is 7.54. The lowest BCUT2D eigenvalue weighted by Gasteiger charge is -2.36. The summed E-state index contributed by atoms with van der Waals surface area (Å²) in [4.78, 5) is 14.8. The van der Waals surface area contributed by atoms with Crippen molar-refractivity contribution in [3.63, 3.8) is 0 Å². The molecule has 6 heteroatoms. The van der Waals surface area contributed by atoms with Crippen LogP contribution in [-0.2, 0) is 0 Å². The molecule has 0 aliphatic carbocycles. The maximum atomic E-state index is 13.0. The number of carbonyl (C=O) groups excluding carboxylic acids is 1. The topological polar surface area (TPSA) is 64.6 Å². The Kier molecular flexibility index (Phi) is 4.61. The zero-order valence-corrected chi connectivity index (χ0v) is 15.3. The van der Waals surface area contributed by atoms with Gasteiger partial charge in [0.15, 0.2) is 0 Å². The van der Waals surface area contributed by atoms with Crippen molar-refractivity contribution in [1.82, 2.24) is 15.8 Å². The Morgan fingerprint density at radius 2 is 1.96 bits per heavy atom. The number of nitrogens with zero attached hydrogens (tertiary/aromatic N) is 1. The van der Waals surface area contributed by atoms with Gasteiger partial charge in [0.25, 0.3) is 5.91 Å². The van der Waals surface area contributed by atoms with Crippen molar-refractivity contribution in [2.24, 2.45) is 5.92 Å². The number of hydrogen-bond donors (Lipinski definition) is 3. The summed E-state index contributed by atoms with van der Waals surface area (Å²) in [5, 5.41) is 11.0. The predicted octanol–water partition coefficient (Wildman–Crippen LogP) is 3.03. The number of piperidine rings is 1. The molecule has 5 nitrogen and oxygen atoms in total. The van der Waals surface area contributed by atoms with Gasteiger partial charge in [0.1, 0.15) is 5.75 Å². The van der Waals surface area contributed by atoms with Crippen molar-refractivity contribution in [2.45, 2.75) is 25.4 Å². The van der Waals surface area contributed by atoms with Gasteiger partial charge in [0.05, 0.1) is 11.6 Å². The summed E-state index contributed by atoms with van der Waals surface area (Å²) < 4.78 is 0. The van der Waals surface area contributed by atoms with Gasteiger partial charge in [-0.3, -0.25) is 10.2 Å². The van der Waals surface area contributed by atoms with Crippen LogP contribution < -0.4 is 10.9 Å². The molecule has 3 atom stereocenters. The van der Waals surface area contributed by atoms with Crippen LogP contribution in [0.4, 0.5) is 0 Å². The van der Waals surface area contributed by atoms with Crippen LogP contribution in [0.1, 0.15) is 33.9 Å². The Morgan fingerprint density at radius 1 is 1.19 bits per heavy atom. The normalized spacial score (nSPS) is 25.2. The molecule has 2 aliphatic heterocycles. The highest BCUT2D eigenvalue weighted by Crippen LogP contribution is 2.35. The van der Waals surface area contributed by atoms with Crippen LogP contribution in [0.3, 0.4) is 0 Å². The highest BCUT2D eigenvalue weighted by atomic mass is 35.5. The molecule has 1 amide bonds. The number of benzene rings is 2. The van der Waals surface area contributed by atoms with Crippen LogP contribution >= 0.6 is 11.6 Å². The number of likely N-dealkylation sites (tertiary alicyclic amines) is 1. The molecular weight excluding hydrogens is 350 g/mol.